The highest BCUT2D eigenvalue weighted by Gasteiger charge is 2.19. The van der Waals surface area contributed by atoms with Crippen molar-refractivity contribution < 1.29 is 18.1 Å². The molecular formula is C13H17NO5S. The number of nitrogens with zero attached hydrogens (tertiary/aromatic N) is 1. The number of hydrogen-bond donors (Lipinski definition) is 0. The Hall–Kier alpha value is -1.76. The number of benzene rings is 1. The molecule has 0 bridgehead atoms. The van der Waals surface area contributed by atoms with E-state index >= 15 is 0 Å². The van der Waals surface area contributed by atoms with Crippen LogP contribution in [0.2, 0.25) is 0 Å². The molecular weight excluding hydrogens is 282 g/mol. The molecule has 0 fully saturated rings. The maximum Gasteiger partial charge on any atom is 0.270 e. The van der Waals surface area contributed by atoms with E-state index in [1.807, 2.05) is 6.92 Å². The van der Waals surface area contributed by atoms with Crippen LogP contribution in [0.3, 0.4) is 0 Å². The Morgan fingerprint density at radius 1 is 1.30 bits per heavy atom. The largest absolute Gasteiger partial charge is 0.293 e. The Kier molecular flexibility index (Phi) is 5.82. The number of nitro benzene ring substituents is 1. The van der Waals surface area contributed by atoms with Gasteiger partial charge >= 0.3 is 0 Å². The summed E-state index contributed by atoms with van der Waals surface area (Å²) in [6, 6.07) is 5.11. The van der Waals surface area contributed by atoms with E-state index in [-0.39, 0.29) is 17.0 Å². The molecule has 1 aromatic carbocycles. The fourth-order valence-electron chi connectivity index (χ4n) is 1.72. The van der Waals surface area contributed by atoms with Gasteiger partial charge in [-0.15, -0.1) is 0 Å². The van der Waals surface area contributed by atoms with Crippen molar-refractivity contribution in [2.24, 2.45) is 0 Å². The van der Waals surface area contributed by atoms with Crippen LogP contribution in [0, 0.1) is 10.1 Å². The zero-order valence-corrected chi connectivity index (χ0v) is 12.1. The number of sulfone groups is 1. The minimum absolute atomic E-state index is 0.0263. The fourth-order valence-corrected chi connectivity index (χ4v) is 3.07. The molecule has 1 aromatic rings. The number of rotatable bonds is 8. The van der Waals surface area contributed by atoms with Crippen molar-refractivity contribution in [3.05, 3.63) is 39.9 Å². The summed E-state index contributed by atoms with van der Waals surface area (Å²) >= 11 is 0. The minimum atomic E-state index is -3.45. The van der Waals surface area contributed by atoms with Gasteiger partial charge in [-0.2, -0.15) is 0 Å². The maximum absolute atomic E-state index is 11.9. The van der Waals surface area contributed by atoms with E-state index in [2.05, 4.69) is 0 Å². The number of ketones is 1. The topological polar surface area (TPSA) is 94.3 Å². The van der Waals surface area contributed by atoms with Crippen LogP contribution in [0.4, 0.5) is 5.69 Å². The molecule has 110 valence electrons. The van der Waals surface area contributed by atoms with Crippen LogP contribution < -0.4 is 0 Å². The maximum atomic E-state index is 11.9. The Labute approximate surface area is 117 Å². The number of unbranched alkanes of at least 4 members (excludes halogenated alkanes) is 2. The molecule has 1 rings (SSSR count). The van der Waals surface area contributed by atoms with Gasteiger partial charge in [0.15, 0.2) is 15.6 Å². The zero-order valence-electron chi connectivity index (χ0n) is 11.2. The normalized spacial score (nSPS) is 11.2. The summed E-state index contributed by atoms with van der Waals surface area (Å²) in [6.07, 6.45) is 2.22. The number of non-ortho nitro benzene ring substituents is 1. The van der Waals surface area contributed by atoms with Gasteiger partial charge in [0.1, 0.15) is 5.75 Å². The third-order valence-electron chi connectivity index (χ3n) is 2.79. The van der Waals surface area contributed by atoms with E-state index in [1.54, 1.807) is 0 Å². The van der Waals surface area contributed by atoms with Crippen molar-refractivity contribution in [3.8, 4) is 0 Å². The van der Waals surface area contributed by atoms with Crippen molar-refractivity contribution in [2.45, 2.75) is 26.2 Å². The lowest BCUT2D eigenvalue weighted by Crippen LogP contribution is -2.19. The summed E-state index contributed by atoms with van der Waals surface area (Å²) in [4.78, 5) is 21.9. The van der Waals surface area contributed by atoms with Crippen LogP contribution in [-0.2, 0) is 9.84 Å². The second-order valence-electron chi connectivity index (χ2n) is 4.53. The molecule has 0 atom stereocenters. The van der Waals surface area contributed by atoms with Gasteiger partial charge in [-0.1, -0.05) is 31.9 Å². The van der Waals surface area contributed by atoms with Crippen LogP contribution in [0.15, 0.2) is 24.3 Å². The Morgan fingerprint density at radius 3 is 2.60 bits per heavy atom. The standard InChI is InChI=1S/C13H17NO5S/c1-2-3-4-8-20(18,19)10-13(15)11-6-5-7-12(9-11)14(16)17/h5-7,9H,2-4,8,10H2,1H3. The number of carbonyl (C=O) groups excluding carboxylic acids is 1. The monoisotopic (exact) mass is 299 g/mol. The zero-order chi connectivity index (χ0) is 15.2. The third kappa shape index (κ3) is 5.08. The Balaban J connectivity index is 2.76. The van der Waals surface area contributed by atoms with Gasteiger partial charge in [-0.25, -0.2) is 8.42 Å². The Bertz CT molecular complexity index is 595. The van der Waals surface area contributed by atoms with E-state index in [0.717, 1.165) is 18.9 Å². The van der Waals surface area contributed by atoms with E-state index in [9.17, 15) is 23.3 Å². The van der Waals surface area contributed by atoms with Crippen LogP contribution in [0.5, 0.6) is 0 Å². The number of Topliss-reactive ketones (excluding diaryl/α,β-unsaturated/α-hetero) is 1. The highest BCUT2D eigenvalue weighted by molar-refractivity contribution is 7.92. The SMILES string of the molecule is CCCCCS(=O)(=O)CC(=O)c1cccc([N+](=O)[O-])c1. The average Bonchev–Trinajstić information content (AvgIpc) is 2.38. The first-order valence-corrected chi connectivity index (χ1v) is 8.16. The molecule has 0 radical (unpaired) electrons. The third-order valence-corrected chi connectivity index (χ3v) is 4.40. The Morgan fingerprint density at radius 2 is 2.00 bits per heavy atom. The molecule has 0 saturated carbocycles. The van der Waals surface area contributed by atoms with Gasteiger partial charge in [-0.05, 0) is 6.42 Å². The van der Waals surface area contributed by atoms with Crippen molar-refractivity contribution in [1.82, 2.24) is 0 Å². The van der Waals surface area contributed by atoms with Gasteiger partial charge in [0, 0.05) is 17.7 Å². The molecule has 0 aromatic heterocycles. The van der Waals surface area contributed by atoms with Crippen molar-refractivity contribution in [3.63, 3.8) is 0 Å². The minimum Gasteiger partial charge on any atom is -0.293 e. The molecule has 0 amide bonds. The lowest BCUT2D eigenvalue weighted by Gasteiger charge is -2.03. The van der Waals surface area contributed by atoms with Gasteiger partial charge in [-0.3, -0.25) is 14.9 Å². The van der Waals surface area contributed by atoms with Crippen LogP contribution >= 0.6 is 0 Å². The fraction of sp³-hybridized carbons (Fsp3) is 0.462. The van der Waals surface area contributed by atoms with Crippen LogP contribution in [0.25, 0.3) is 0 Å². The summed E-state index contributed by atoms with van der Waals surface area (Å²) in [5.41, 5.74) is -0.169. The number of hydrogen-bond acceptors (Lipinski definition) is 5. The van der Waals surface area contributed by atoms with Crippen LogP contribution in [-0.4, -0.2) is 30.6 Å². The molecule has 6 nitrogen and oxygen atoms in total. The summed E-state index contributed by atoms with van der Waals surface area (Å²) < 4.78 is 23.5. The molecule has 0 aliphatic rings. The predicted molar refractivity (Wildman–Crippen MR) is 75.6 cm³/mol. The predicted octanol–water partition coefficient (Wildman–Crippen LogP) is 2.38. The molecule has 0 N–H and O–H groups in total. The van der Waals surface area contributed by atoms with E-state index < -0.39 is 26.3 Å². The first-order valence-electron chi connectivity index (χ1n) is 6.34. The molecule has 0 spiro atoms. The van der Waals surface area contributed by atoms with E-state index in [4.69, 9.17) is 0 Å². The van der Waals surface area contributed by atoms with E-state index in [1.165, 1.54) is 18.2 Å². The molecule has 0 aliphatic heterocycles. The molecule has 0 unspecified atom stereocenters. The lowest BCUT2D eigenvalue weighted by molar-refractivity contribution is -0.384. The average molecular weight is 299 g/mol. The molecule has 0 aliphatic carbocycles. The van der Waals surface area contributed by atoms with Crippen molar-refractivity contribution in [2.75, 3.05) is 11.5 Å². The molecule has 0 heterocycles. The second-order valence-corrected chi connectivity index (χ2v) is 6.71. The van der Waals surface area contributed by atoms with Gasteiger partial charge in [0.05, 0.1) is 10.7 Å². The molecule has 20 heavy (non-hydrogen) atoms. The first-order chi connectivity index (χ1) is 9.35. The van der Waals surface area contributed by atoms with Crippen LogP contribution in [0.1, 0.15) is 36.5 Å². The van der Waals surface area contributed by atoms with Crippen molar-refractivity contribution >= 4 is 21.3 Å². The number of nitro groups is 1. The number of carbonyl (C=O) groups is 1. The van der Waals surface area contributed by atoms with Gasteiger partial charge in [0.25, 0.3) is 5.69 Å². The first kappa shape index (κ1) is 16.3. The lowest BCUT2D eigenvalue weighted by atomic mass is 10.1. The van der Waals surface area contributed by atoms with Crippen molar-refractivity contribution in [1.29, 1.82) is 0 Å². The molecule has 0 saturated heterocycles. The molecule has 7 heteroatoms. The van der Waals surface area contributed by atoms with E-state index in [0.29, 0.717) is 6.42 Å². The summed E-state index contributed by atoms with van der Waals surface area (Å²) in [5, 5.41) is 10.6. The second kappa shape index (κ2) is 7.14. The highest BCUT2D eigenvalue weighted by Crippen LogP contribution is 2.14. The quantitative estimate of drug-likeness (QED) is 0.318. The smallest absolute Gasteiger partial charge is 0.270 e. The summed E-state index contributed by atoms with van der Waals surface area (Å²) in [5.74, 6) is -1.23. The highest BCUT2D eigenvalue weighted by atomic mass is 32.2. The van der Waals surface area contributed by atoms with Gasteiger partial charge in [0.2, 0.25) is 0 Å². The summed E-state index contributed by atoms with van der Waals surface area (Å²) in [7, 11) is -3.45. The van der Waals surface area contributed by atoms with Gasteiger partial charge < -0.3 is 0 Å². The summed E-state index contributed by atoms with van der Waals surface area (Å²) in [6.45, 7) is 1.96.